The summed E-state index contributed by atoms with van der Waals surface area (Å²) in [5, 5.41) is 0. The van der Waals surface area contributed by atoms with E-state index in [1.54, 1.807) is 0 Å². The Morgan fingerprint density at radius 3 is 2.55 bits per heavy atom. The third-order valence-electron chi connectivity index (χ3n) is 1.35. The van der Waals surface area contributed by atoms with Crippen molar-refractivity contribution in [2.45, 2.75) is 6.92 Å². The Morgan fingerprint density at radius 2 is 1.91 bits per heavy atom. The first-order valence-corrected chi connectivity index (χ1v) is 3.65. The van der Waals surface area contributed by atoms with E-state index in [1.165, 1.54) is 5.56 Å². The van der Waals surface area contributed by atoms with Gasteiger partial charge in [0.05, 0.1) is 0 Å². The Balaban J connectivity index is 2.64. The molecule has 0 aliphatic heterocycles. The van der Waals surface area contributed by atoms with E-state index in [0.717, 1.165) is 0 Å². The van der Waals surface area contributed by atoms with Gasteiger partial charge in [-0.2, -0.15) is 0 Å². The molecule has 0 fully saturated rings. The minimum Gasteiger partial charge on any atom is -0.0622 e. The van der Waals surface area contributed by atoms with Gasteiger partial charge in [0.2, 0.25) is 0 Å². The van der Waals surface area contributed by atoms with Crippen LogP contribution in [0.3, 0.4) is 0 Å². The van der Waals surface area contributed by atoms with Crippen LogP contribution < -0.4 is 0 Å². The zero-order chi connectivity index (χ0) is 7.94. The molecule has 0 spiro atoms. The smallest absolute Gasteiger partial charge is 0.0257 e. The fourth-order valence-electron chi connectivity index (χ4n) is 0.820. The molecule has 0 unspecified atom stereocenters. The molecule has 0 amide bonds. The summed E-state index contributed by atoms with van der Waals surface area (Å²) in [6.07, 6.45) is 8.86. The summed E-state index contributed by atoms with van der Waals surface area (Å²) in [6, 6.07) is 10.2. The van der Waals surface area contributed by atoms with E-state index in [1.807, 2.05) is 37.3 Å². The summed E-state index contributed by atoms with van der Waals surface area (Å²) in [6.45, 7) is 1.88. The minimum atomic E-state index is 1.22. The van der Waals surface area contributed by atoms with Crippen molar-refractivity contribution in [3.05, 3.63) is 54.1 Å². The van der Waals surface area contributed by atoms with Gasteiger partial charge in [-0.1, -0.05) is 48.6 Å². The summed E-state index contributed by atoms with van der Waals surface area (Å²) in [5.41, 5.74) is 1.22. The molecule has 0 nitrogen and oxygen atoms in total. The zero-order valence-corrected chi connectivity index (χ0v) is 6.62. The average molecular weight is 143 g/mol. The molecule has 0 aromatic heterocycles. The van der Waals surface area contributed by atoms with Crippen molar-refractivity contribution < 1.29 is 0 Å². The van der Waals surface area contributed by atoms with Crippen molar-refractivity contribution in [3.8, 4) is 0 Å². The van der Waals surface area contributed by atoms with Crippen LogP contribution in [0, 0.1) is 6.08 Å². The largest absolute Gasteiger partial charge is 0.0622 e. The molecule has 11 heavy (non-hydrogen) atoms. The Labute approximate surface area is 67.9 Å². The van der Waals surface area contributed by atoms with E-state index in [2.05, 4.69) is 24.3 Å². The van der Waals surface area contributed by atoms with E-state index in [9.17, 15) is 0 Å². The van der Waals surface area contributed by atoms with Crippen molar-refractivity contribution in [1.29, 1.82) is 0 Å². The molecule has 0 aliphatic carbocycles. The average Bonchev–Trinajstić information content (AvgIpc) is 2.07. The van der Waals surface area contributed by atoms with Gasteiger partial charge >= 0.3 is 0 Å². The summed E-state index contributed by atoms with van der Waals surface area (Å²) >= 11 is 0. The number of benzene rings is 1. The van der Waals surface area contributed by atoms with Crippen LogP contribution in [0.5, 0.6) is 0 Å². The van der Waals surface area contributed by atoms with E-state index in [4.69, 9.17) is 0 Å². The van der Waals surface area contributed by atoms with Gasteiger partial charge in [-0.25, -0.2) is 0 Å². The molecule has 1 radical (unpaired) electrons. The first-order chi connectivity index (χ1) is 5.43. The summed E-state index contributed by atoms with van der Waals surface area (Å²) < 4.78 is 0. The van der Waals surface area contributed by atoms with E-state index in [-0.39, 0.29) is 0 Å². The Hall–Kier alpha value is -1.30. The fraction of sp³-hybridized carbons (Fsp3) is 0.0909. The highest BCUT2D eigenvalue weighted by Gasteiger charge is 1.78. The molecule has 0 atom stereocenters. The second-order valence-electron chi connectivity index (χ2n) is 2.23. The van der Waals surface area contributed by atoms with Crippen LogP contribution in [0.25, 0.3) is 6.08 Å². The molecule has 0 bridgehead atoms. The lowest BCUT2D eigenvalue weighted by Gasteiger charge is -1.87. The first-order valence-electron chi connectivity index (χ1n) is 3.65. The molecular formula is C11H11. The Kier molecular flexibility index (Phi) is 3.20. The monoisotopic (exact) mass is 143 g/mol. The number of hydrogen-bond donors (Lipinski definition) is 0. The standard InChI is InChI=1S/C11H11/c1-2-3-5-8-11-9-6-4-7-10-11/h3-10H,1H3. The third kappa shape index (κ3) is 2.85. The maximum atomic E-state index is 2.93. The first kappa shape index (κ1) is 7.80. The number of rotatable bonds is 2. The molecule has 55 valence electrons. The highest BCUT2D eigenvalue weighted by atomic mass is 13.8. The van der Waals surface area contributed by atoms with Gasteiger partial charge in [-0.3, -0.25) is 0 Å². The lowest BCUT2D eigenvalue weighted by Crippen LogP contribution is -1.66. The number of hydrogen-bond acceptors (Lipinski definition) is 0. The molecule has 1 aromatic carbocycles. The molecule has 0 N–H and O–H groups in total. The van der Waals surface area contributed by atoms with Crippen molar-refractivity contribution in [2.24, 2.45) is 0 Å². The van der Waals surface area contributed by atoms with Gasteiger partial charge in [0.1, 0.15) is 0 Å². The topological polar surface area (TPSA) is 0 Å². The molecule has 0 aliphatic rings. The molecule has 1 aromatic rings. The van der Waals surface area contributed by atoms with Gasteiger partial charge in [0.25, 0.3) is 0 Å². The quantitative estimate of drug-likeness (QED) is 0.558. The van der Waals surface area contributed by atoms with Crippen LogP contribution in [0.2, 0.25) is 0 Å². The lowest BCUT2D eigenvalue weighted by molar-refractivity contribution is 1.64. The van der Waals surface area contributed by atoms with Crippen molar-refractivity contribution in [1.82, 2.24) is 0 Å². The Morgan fingerprint density at radius 1 is 1.18 bits per heavy atom. The molecule has 0 saturated carbocycles. The SMILES string of the molecule is C[C]=CC=Cc1ccccc1. The predicted octanol–water partition coefficient (Wildman–Crippen LogP) is 3.08. The van der Waals surface area contributed by atoms with Gasteiger partial charge in [0, 0.05) is 0 Å². The van der Waals surface area contributed by atoms with Crippen LogP contribution in [0.4, 0.5) is 0 Å². The summed E-state index contributed by atoms with van der Waals surface area (Å²) in [4.78, 5) is 0. The van der Waals surface area contributed by atoms with Gasteiger partial charge < -0.3 is 0 Å². The highest BCUT2D eigenvalue weighted by molar-refractivity contribution is 5.50. The van der Waals surface area contributed by atoms with E-state index in [0.29, 0.717) is 0 Å². The van der Waals surface area contributed by atoms with Crippen LogP contribution in [0.15, 0.2) is 42.5 Å². The molecule has 0 heteroatoms. The van der Waals surface area contributed by atoms with Crippen LogP contribution in [0.1, 0.15) is 12.5 Å². The predicted molar refractivity (Wildman–Crippen MR) is 49.0 cm³/mol. The van der Waals surface area contributed by atoms with Crippen LogP contribution in [-0.4, -0.2) is 0 Å². The Bertz CT molecular complexity index is 242. The van der Waals surface area contributed by atoms with Gasteiger partial charge in [-0.15, -0.1) is 0 Å². The maximum Gasteiger partial charge on any atom is -0.0257 e. The molecule has 0 saturated heterocycles. The van der Waals surface area contributed by atoms with E-state index >= 15 is 0 Å². The molecule has 0 heterocycles. The number of allylic oxidation sites excluding steroid dienone is 3. The fourth-order valence-corrected chi connectivity index (χ4v) is 0.820. The second-order valence-corrected chi connectivity index (χ2v) is 2.23. The highest BCUT2D eigenvalue weighted by Crippen LogP contribution is 2.00. The molecule has 1 rings (SSSR count). The lowest BCUT2D eigenvalue weighted by atomic mass is 10.2. The molecular weight excluding hydrogens is 132 g/mol. The van der Waals surface area contributed by atoms with Gasteiger partial charge in [-0.05, 0) is 18.6 Å². The zero-order valence-electron chi connectivity index (χ0n) is 6.62. The van der Waals surface area contributed by atoms with E-state index < -0.39 is 0 Å². The normalized spacial score (nSPS) is 11.4. The summed E-state index contributed by atoms with van der Waals surface area (Å²) in [5.74, 6) is 0. The summed E-state index contributed by atoms with van der Waals surface area (Å²) in [7, 11) is 0. The minimum absolute atomic E-state index is 1.22. The third-order valence-corrected chi connectivity index (χ3v) is 1.35. The maximum absolute atomic E-state index is 2.93. The van der Waals surface area contributed by atoms with Crippen molar-refractivity contribution >= 4 is 6.08 Å². The van der Waals surface area contributed by atoms with Crippen LogP contribution in [-0.2, 0) is 0 Å². The van der Waals surface area contributed by atoms with Crippen molar-refractivity contribution in [3.63, 3.8) is 0 Å². The van der Waals surface area contributed by atoms with Gasteiger partial charge in [0.15, 0.2) is 0 Å². The van der Waals surface area contributed by atoms with Crippen LogP contribution >= 0.6 is 0 Å². The second kappa shape index (κ2) is 4.51. The van der Waals surface area contributed by atoms with Crippen molar-refractivity contribution in [2.75, 3.05) is 0 Å².